The van der Waals surface area contributed by atoms with E-state index in [4.69, 9.17) is 5.73 Å². The molecule has 4 heteroatoms. The number of nitrogens with two attached hydrogens (primary N) is 1. The van der Waals surface area contributed by atoms with Crippen molar-refractivity contribution < 1.29 is 0 Å². The summed E-state index contributed by atoms with van der Waals surface area (Å²) in [5.74, 6) is 0. The first-order valence-corrected chi connectivity index (χ1v) is 7.12. The number of para-hydroxylation sites is 1. The zero-order valence-electron chi connectivity index (χ0n) is 12.6. The minimum atomic E-state index is 0.489. The highest BCUT2D eigenvalue weighted by atomic mass is 15.3. The van der Waals surface area contributed by atoms with E-state index in [-0.39, 0.29) is 0 Å². The molecular formula is C16H24N4. The molecule has 0 saturated heterocycles. The molecule has 2 N–H and O–H groups in total. The van der Waals surface area contributed by atoms with Gasteiger partial charge < -0.3 is 5.73 Å². The molecule has 2 aromatic rings. The van der Waals surface area contributed by atoms with Crippen molar-refractivity contribution in [3.05, 3.63) is 47.8 Å². The molecular weight excluding hydrogens is 248 g/mol. The van der Waals surface area contributed by atoms with Gasteiger partial charge in [-0.3, -0.25) is 9.58 Å². The van der Waals surface area contributed by atoms with E-state index in [1.54, 1.807) is 0 Å². The maximum atomic E-state index is 6.04. The summed E-state index contributed by atoms with van der Waals surface area (Å²) in [5.41, 5.74) is 9.38. The van der Waals surface area contributed by atoms with Crippen LogP contribution in [-0.2, 0) is 20.0 Å². The molecule has 1 heterocycles. The Morgan fingerprint density at radius 3 is 2.60 bits per heavy atom. The molecule has 0 aliphatic carbocycles. The van der Waals surface area contributed by atoms with Gasteiger partial charge in [0.1, 0.15) is 0 Å². The number of anilines is 1. The van der Waals surface area contributed by atoms with E-state index in [9.17, 15) is 0 Å². The van der Waals surface area contributed by atoms with Crippen molar-refractivity contribution in [1.82, 2.24) is 14.7 Å². The lowest BCUT2D eigenvalue weighted by molar-refractivity contribution is 0.214. The summed E-state index contributed by atoms with van der Waals surface area (Å²) in [4.78, 5) is 2.44. The Morgan fingerprint density at radius 2 is 2.00 bits per heavy atom. The third-order valence-corrected chi connectivity index (χ3v) is 3.74. The van der Waals surface area contributed by atoms with Crippen molar-refractivity contribution in [2.75, 3.05) is 12.3 Å². The van der Waals surface area contributed by atoms with Crippen LogP contribution >= 0.6 is 0 Å². The van der Waals surface area contributed by atoms with Gasteiger partial charge in [-0.15, -0.1) is 0 Å². The fraction of sp³-hybridized carbons (Fsp3) is 0.438. The molecule has 0 radical (unpaired) electrons. The van der Waals surface area contributed by atoms with Crippen LogP contribution in [0.2, 0.25) is 0 Å². The summed E-state index contributed by atoms with van der Waals surface area (Å²) in [5, 5.41) is 4.22. The van der Waals surface area contributed by atoms with E-state index >= 15 is 0 Å². The lowest BCUT2D eigenvalue weighted by atomic mass is 10.1. The highest BCUT2D eigenvalue weighted by molar-refractivity contribution is 5.46. The van der Waals surface area contributed by atoms with Crippen molar-refractivity contribution in [3.63, 3.8) is 0 Å². The second-order valence-corrected chi connectivity index (χ2v) is 5.46. The quantitative estimate of drug-likeness (QED) is 0.822. The van der Waals surface area contributed by atoms with Crippen LogP contribution in [-0.4, -0.2) is 27.3 Å². The van der Waals surface area contributed by atoms with Crippen molar-refractivity contribution in [2.24, 2.45) is 7.05 Å². The van der Waals surface area contributed by atoms with Crippen LogP contribution in [0.5, 0.6) is 0 Å². The molecule has 0 fully saturated rings. The van der Waals surface area contributed by atoms with Gasteiger partial charge in [-0.05, 0) is 31.5 Å². The van der Waals surface area contributed by atoms with E-state index in [2.05, 4.69) is 36.0 Å². The normalized spacial score (nSPS) is 11.4. The van der Waals surface area contributed by atoms with Gasteiger partial charge in [0.25, 0.3) is 0 Å². The van der Waals surface area contributed by atoms with Gasteiger partial charge in [-0.2, -0.15) is 5.10 Å². The summed E-state index contributed by atoms with van der Waals surface area (Å²) in [7, 11) is 1.99. The summed E-state index contributed by atoms with van der Waals surface area (Å²) in [6.45, 7) is 6.35. The van der Waals surface area contributed by atoms with E-state index in [0.29, 0.717) is 6.04 Å². The van der Waals surface area contributed by atoms with E-state index in [1.165, 1.54) is 11.3 Å². The van der Waals surface area contributed by atoms with E-state index < -0.39 is 0 Å². The summed E-state index contributed by atoms with van der Waals surface area (Å²) in [6.07, 6.45) is 2.85. The zero-order valence-corrected chi connectivity index (χ0v) is 12.6. The number of aryl methyl sites for hydroxylation is 1. The first-order chi connectivity index (χ1) is 9.58. The van der Waals surface area contributed by atoms with Gasteiger partial charge in [0, 0.05) is 50.2 Å². The monoisotopic (exact) mass is 272 g/mol. The van der Waals surface area contributed by atoms with Crippen LogP contribution in [0, 0.1) is 0 Å². The summed E-state index contributed by atoms with van der Waals surface area (Å²) >= 11 is 0. The van der Waals surface area contributed by atoms with E-state index in [0.717, 1.165) is 25.2 Å². The third-order valence-electron chi connectivity index (χ3n) is 3.74. The van der Waals surface area contributed by atoms with Gasteiger partial charge in [-0.1, -0.05) is 18.2 Å². The summed E-state index contributed by atoms with van der Waals surface area (Å²) < 4.78 is 1.94. The molecule has 0 saturated carbocycles. The van der Waals surface area contributed by atoms with Crippen molar-refractivity contribution in [1.29, 1.82) is 0 Å². The second-order valence-electron chi connectivity index (χ2n) is 5.46. The number of nitrogen functional groups attached to an aromatic ring is 1. The predicted octanol–water partition coefficient (Wildman–Crippen LogP) is 2.46. The smallest absolute Gasteiger partial charge is 0.0492 e. The van der Waals surface area contributed by atoms with Crippen LogP contribution < -0.4 is 5.73 Å². The lowest BCUT2D eigenvalue weighted by Crippen LogP contribution is -2.32. The minimum Gasteiger partial charge on any atom is -0.398 e. The van der Waals surface area contributed by atoms with Crippen molar-refractivity contribution in [2.45, 2.75) is 32.9 Å². The van der Waals surface area contributed by atoms with Crippen molar-refractivity contribution >= 4 is 5.69 Å². The van der Waals surface area contributed by atoms with Crippen LogP contribution in [0.4, 0.5) is 5.69 Å². The third kappa shape index (κ3) is 3.61. The molecule has 1 aromatic carbocycles. The van der Waals surface area contributed by atoms with Gasteiger partial charge in [0.2, 0.25) is 0 Å². The molecule has 2 rings (SSSR count). The van der Waals surface area contributed by atoms with Crippen LogP contribution in [0.25, 0.3) is 0 Å². The predicted molar refractivity (Wildman–Crippen MR) is 83.3 cm³/mol. The Balaban J connectivity index is 2.01. The summed E-state index contributed by atoms with van der Waals surface area (Å²) in [6, 6.07) is 10.7. The maximum absolute atomic E-state index is 6.04. The van der Waals surface area contributed by atoms with Gasteiger partial charge in [0.15, 0.2) is 0 Å². The Kier molecular flexibility index (Phi) is 4.79. The highest BCUT2D eigenvalue weighted by Gasteiger charge is 2.12. The molecule has 20 heavy (non-hydrogen) atoms. The average Bonchev–Trinajstić information content (AvgIpc) is 2.82. The molecule has 0 atom stereocenters. The van der Waals surface area contributed by atoms with Crippen LogP contribution in [0.15, 0.2) is 36.5 Å². The molecule has 0 amide bonds. The Labute approximate surface area is 121 Å². The molecule has 0 bridgehead atoms. The number of benzene rings is 1. The van der Waals surface area contributed by atoms with Gasteiger partial charge >= 0.3 is 0 Å². The average molecular weight is 272 g/mol. The SMILES string of the molecule is CC(C)N(CCc1ccnn1C)Cc1ccccc1N. The lowest BCUT2D eigenvalue weighted by Gasteiger charge is -2.27. The minimum absolute atomic E-state index is 0.489. The first-order valence-electron chi connectivity index (χ1n) is 7.12. The molecule has 0 aliphatic heterocycles. The maximum Gasteiger partial charge on any atom is 0.0492 e. The number of hydrogen-bond donors (Lipinski definition) is 1. The fourth-order valence-corrected chi connectivity index (χ4v) is 2.32. The standard InChI is InChI=1S/C16H24N4/c1-13(2)20(11-9-15-8-10-18-19(15)3)12-14-6-4-5-7-16(14)17/h4-8,10,13H,9,11-12,17H2,1-3H3. The number of hydrogen-bond acceptors (Lipinski definition) is 3. The Hall–Kier alpha value is -1.81. The Morgan fingerprint density at radius 1 is 1.25 bits per heavy atom. The highest BCUT2D eigenvalue weighted by Crippen LogP contribution is 2.15. The first kappa shape index (κ1) is 14.6. The molecule has 108 valence electrons. The van der Waals surface area contributed by atoms with Crippen LogP contribution in [0.3, 0.4) is 0 Å². The number of rotatable bonds is 6. The topological polar surface area (TPSA) is 47.1 Å². The van der Waals surface area contributed by atoms with Crippen molar-refractivity contribution in [3.8, 4) is 0 Å². The number of nitrogens with zero attached hydrogens (tertiary/aromatic N) is 3. The molecule has 0 unspecified atom stereocenters. The van der Waals surface area contributed by atoms with Crippen LogP contribution in [0.1, 0.15) is 25.1 Å². The molecule has 0 aliphatic rings. The van der Waals surface area contributed by atoms with Gasteiger partial charge in [0.05, 0.1) is 0 Å². The molecule has 4 nitrogen and oxygen atoms in total. The zero-order chi connectivity index (χ0) is 14.5. The molecule has 1 aromatic heterocycles. The fourth-order valence-electron chi connectivity index (χ4n) is 2.32. The Bertz CT molecular complexity index is 545. The van der Waals surface area contributed by atoms with E-state index in [1.807, 2.05) is 36.1 Å². The van der Waals surface area contributed by atoms with Gasteiger partial charge in [-0.25, -0.2) is 0 Å². The number of aromatic nitrogens is 2. The molecule has 0 spiro atoms. The largest absolute Gasteiger partial charge is 0.398 e. The second kappa shape index (κ2) is 6.57.